The van der Waals surface area contributed by atoms with Crippen LogP contribution in [0.15, 0.2) is 22.9 Å². The number of rotatable bonds is 2. The molecule has 0 amide bonds. The molecule has 0 radical (unpaired) electrons. The molecule has 6 heteroatoms. The fraction of sp³-hybridized carbons (Fsp3) is 0.385. The number of piperidine rings is 1. The molecule has 2 aromatic heterocycles. The number of pyridine rings is 1. The van der Waals surface area contributed by atoms with Gasteiger partial charge in [0.15, 0.2) is 5.82 Å². The zero-order chi connectivity index (χ0) is 13.2. The zero-order valence-corrected chi connectivity index (χ0v) is 10.7. The van der Waals surface area contributed by atoms with Crippen LogP contribution in [0.5, 0.6) is 0 Å². The molecule has 3 heterocycles. The molecule has 1 saturated heterocycles. The molecule has 3 rings (SSSR count). The van der Waals surface area contributed by atoms with E-state index in [1.807, 2.05) is 12.1 Å². The summed E-state index contributed by atoms with van der Waals surface area (Å²) in [6, 6.07) is 3.83. The van der Waals surface area contributed by atoms with Crippen molar-refractivity contribution in [1.29, 1.82) is 0 Å². The van der Waals surface area contributed by atoms with E-state index in [4.69, 9.17) is 4.52 Å². The predicted octanol–water partition coefficient (Wildman–Crippen LogP) is 1.61. The third-order valence-corrected chi connectivity index (χ3v) is 3.17. The summed E-state index contributed by atoms with van der Waals surface area (Å²) in [5, 5.41) is 3.75. The molecular weight excluding hydrogens is 244 g/mol. The lowest BCUT2D eigenvalue weighted by molar-refractivity contribution is -0.119. The smallest absolute Gasteiger partial charge is 0.259 e. The molecule has 1 aliphatic rings. The second-order valence-corrected chi connectivity index (χ2v) is 4.58. The van der Waals surface area contributed by atoms with Crippen molar-refractivity contribution in [2.45, 2.75) is 19.8 Å². The quantitative estimate of drug-likeness (QED) is 0.814. The van der Waals surface area contributed by atoms with E-state index in [1.165, 1.54) is 0 Å². The van der Waals surface area contributed by atoms with E-state index in [-0.39, 0.29) is 0 Å². The fourth-order valence-corrected chi connectivity index (χ4v) is 2.10. The Balaban J connectivity index is 1.77. The monoisotopic (exact) mass is 258 g/mol. The van der Waals surface area contributed by atoms with E-state index < -0.39 is 0 Å². The largest absolute Gasteiger partial charge is 0.356 e. The van der Waals surface area contributed by atoms with Crippen LogP contribution in [-0.2, 0) is 4.79 Å². The minimum absolute atomic E-state index is 0.328. The summed E-state index contributed by atoms with van der Waals surface area (Å²) in [6.07, 6.45) is 2.93. The Bertz CT molecular complexity index is 581. The Labute approximate surface area is 110 Å². The van der Waals surface area contributed by atoms with E-state index in [1.54, 1.807) is 13.1 Å². The van der Waals surface area contributed by atoms with Gasteiger partial charge in [0.05, 0.1) is 5.56 Å². The highest BCUT2D eigenvalue weighted by atomic mass is 16.5. The van der Waals surface area contributed by atoms with Crippen molar-refractivity contribution >= 4 is 11.6 Å². The summed E-state index contributed by atoms with van der Waals surface area (Å²) < 4.78 is 5.09. The van der Waals surface area contributed by atoms with Crippen LogP contribution in [-0.4, -0.2) is 34.0 Å². The van der Waals surface area contributed by atoms with Gasteiger partial charge in [-0.05, 0) is 19.1 Å². The molecule has 0 N–H and O–H groups in total. The van der Waals surface area contributed by atoms with Gasteiger partial charge in [-0.2, -0.15) is 4.98 Å². The number of aromatic nitrogens is 3. The molecule has 0 unspecified atom stereocenters. The van der Waals surface area contributed by atoms with Crippen molar-refractivity contribution in [1.82, 2.24) is 15.1 Å². The fourth-order valence-electron chi connectivity index (χ4n) is 2.10. The van der Waals surface area contributed by atoms with Gasteiger partial charge in [0.1, 0.15) is 11.6 Å². The van der Waals surface area contributed by atoms with Gasteiger partial charge in [0.25, 0.3) is 5.89 Å². The molecular formula is C13H14N4O2. The number of ketones is 1. The number of Topliss-reactive ketones (excluding diaryl/α,β-unsaturated/α-hetero) is 1. The first kappa shape index (κ1) is 11.8. The highest BCUT2D eigenvalue weighted by molar-refractivity contribution is 5.80. The summed E-state index contributed by atoms with van der Waals surface area (Å²) in [6.45, 7) is 3.26. The maximum atomic E-state index is 11.2. The highest BCUT2D eigenvalue weighted by Gasteiger charge is 2.17. The van der Waals surface area contributed by atoms with Crippen LogP contribution in [0.2, 0.25) is 0 Å². The van der Waals surface area contributed by atoms with Crippen LogP contribution < -0.4 is 4.90 Å². The number of hydrogen-bond acceptors (Lipinski definition) is 6. The second-order valence-electron chi connectivity index (χ2n) is 4.58. The average molecular weight is 258 g/mol. The number of nitrogens with zero attached hydrogens (tertiary/aromatic N) is 4. The molecule has 19 heavy (non-hydrogen) atoms. The van der Waals surface area contributed by atoms with Crippen LogP contribution in [0.1, 0.15) is 18.7 Å². The van der Waals surface area contributed by atoms with Crippen molar-refractivity contribution in [2.75, 3.05) is 18.0 Å². The topological polar surface area (TPSA) is 72.1 Å². The molecule has 2 aromatic rings. The van der Waals surface area contributed by atoms with Gasteiger partial charge in [0.2, 0.25) is 0 Å². The Kier molecular flexibility index (Phi) is 2.98. The van der Waals surface area contributed by atoms with E-state index in [2.05, 4.69) is 20.0 Å². The molecule has 0 aliphatic carbocycles. The average Bonchev–Trinajstić information content (AvgIpc) is 2.87. The van der Waals surface area contributed by atoms with Gasteiger partial charge >= 0.3 is 0 Å². The van der Waals surface area contributed by atoms with Gasteiger partial charge in [-0.1, -0.05) is 5.16 Å². The predicted molar refractivity (Wildman–Crippen MR) is 68.7 cm³/mol. The zero-order valence-electron chi connectivity index (χ0n) is 10.7. The second kappa shape index (κ2) is 4.79. The maximum Gasteiger partial charge on any atom is 0.259 e. The minimum atomic E-state index is 0.328. The van der Waals surface area contributed by atoms with Crippen LogP contribution in [0, 0.1) is 6.92 Å². The van der Waals surface area contributed by atoms with Crippen LogP contribution >= 0.6 is 0 Å². The molecule has 0 spiro atoms. The SMILES string of the molecule is Cc1noc(-c2ccc(N3CCC(=O)CC3)nc2)n1. The minimum Gasteiger partial charge on any atom is -0.356 e. The third kappa shape index (κ3) is 2.47. The summed E-state index contributed by atoms with van der Waals surface area (Å²) in [5.74, 6) is 2.29. The lowest BCUT2D eigenvalue weighted by Crippen LogP contribution is -2.34. The van der Waals surface area contributed by atoms with Gasteiger partial charge in [-0.3, -0.25) is 4.79 Å². The molecule has 0 bridgehead atoms. The lowest BCUT2D eigenvalue weighted by Gasteiger charge is -2.26. The van der Waals surface area contributed by atoms with Crippen LogP contribution in [0.4, 0.5) is 5.82 Å². The molecule has 0 aromatic carbocycles. The van der Waals surface area contributed by atoms with Crippen molar-refractivity contribution in [3.63, 3.8) is 0 Å². The Morgan fingerprint density at radius 3 is 2.63 bits per heavy atom. The summed E-state index contributed by atoms with van der Waals surface area (Å²) in [7, 11) is 0. The van der Waals surface area contributed by atoms with Crippen LogP contribution in [0.3, 0.4) is 0 Å². The van der Waals surface area contributed by atoms with Gasteiger partial charge in [-0.25, -0.2) is 4.98 Å². The van der Waals surface area contributed by atoms with E-state index in [9.17, 15) is 4.79 Å². The number of carbonyl (C=O) groups is 1. The van der Waals surface area contributed by atoms with E-state index >= 15 is 0 Å². The molecule has 1 fully saturated rings. The van der Waals surface area contributed by atoms with Crippen molar-refractivity contribution < 1.29 is 9.32 Å². The van der Waals surface area contributed by atoms with Crippen LogP contribution in [0.25, 0.3) is 11.5 Å². The molecule has 0 saturated carbocycles. The molecule has 1 aliphatic heterocycles. The summed E-state index contributed by atoms with van der Waals surface area (Å²) in [4.78, 5) is 21.9. The Morgan fingerprint density at radius 1 is 1.26 bits per heavy atom. The number of anilines is 1. The molecule has 0 atom stereocenters. The standard InChI is InChI=1S/C13H14N4O2/c1-9-15-13(19-16-9)10-2-3-12(14-8-10)17-6-4-11(18)5-7-17/h2-3,8H,4-7H2,1H3. The Morgan fingerprint density at radius 2 is 2.05 bits per heavy atom. The molecule has 6 nitrogen and oxygen atoms in total. The van der Waals surface area contributed by atoms with Crippen molar-refractivity contribution in [3.05, 3.63) is 24.2 Å². The van der Waals surface area contributed by atoms with Gasteiger partial charge in [-0.15, -0.1) is 0 Å². The first-order valence-electron chi connectivity index (χ1n) is 6.26. The number of aryl methyl sites for hydroxylation is 1. The highest BCUT2D eigenvalue weighted by Crippen LogP contribution is 2.20. The normalized spacial score (nSPS) is 15.8. The van der Waals surface area contributed by atoms with Gasteiger partial charge in [0, 0.05) is 32.1 Å². The summed E-state index contributed by atoms with van der Waals surface area (Å²) in [5.41, 5.74) is 0.803. The lowest BCUT2D eigenvalue weighted by atomic mass is 10.1. The Hall–Kier alpha value is -2.24. The first-order chi connectivity index (χ1) is 9.22. The third-order valence-electron chi connectivity index (χ3n) is 3.17. The van der Waals surface area contributed by atoms with E-state index in [0.717, 1.165) is 24.5 Å². The summed E-state index contributed by atoms with van der Waals surface area (Å²) >= 11 is 0. The number of hydrogen-bond donors (Lipinski definition) is 0. The maximum absolute atomic E-state index is 11.2. The van der Waals surface area contributed by atoms with Crippen molar-refractivity contribution in [2.24, 2.45) is 0 Å². The van der Waals surface area contributed by atoms with Gasteiger partial charge < -0.3 is 9.42 Å². The number of carbonyl (C=O) groups excluding carboxylic acids is 1. The molecule has 98 valence electrons. The van der Waals surface area contributed by atoms with E-state index in [0.29, 0.717) is 30.3 Å². The van der Waals surface area contributed by atoms with Crippen molar-refractivity contribution in [3.8, 4) is 11.5 Å². The first-order valence-corrected chi connectivity index (χ1v) is 6.26.